The fraction of sp³-hybridized carbons (Fsp3) is 0.588. The Labute approximate surface area is 142 Å². The zero-order valence-corrected chi connectivity index (χ0v) is 14.3. The number of rotatable bonds is 3. The van der Waals surface area contributed by atoms with Crippen LogP contribution >= 0.6 is 11.6 Å². The first kappa shape index (κ1) is 16.6. The molecule has 3 rings (SSSR count). The van der Waals surface area contributed by atoms with Gasteiger partial charge < -0.3 is 19.7 Å². The zero-order chi connectivity index (χ0) is 16.1. The molecule has 2 heterocycles. The van der Waals surface area contributed by atoms with E-state index in [9.17, 15) is 0 Å². The van der Waals surface area contributed by atoms with Crippen molar-refractivity contribution >= 4 is 17.6 Å². The number of morpholine rings is 1. The molecular weight excluding hydrogens is 314 g/mol. The van der Waals surface area contributed by atoms with E-state index in [-0.39, 0.29) is 12.2 Å². The second-order valence-corrected chi connectivity index (χ2v) is 6.31. The molecule has 2 fully saturated rings. The maximum Gasteiger partial charge on any atom is 0.194 e. The highest BCUT2D eigenvalue weighted by Gasteiger charge is 2.32. The predicted octanol–water partition coefficient (Wildman–Crippen LogP) is 2.30. The van der Waals surface area contributed by atoms with Gasteiger partial charge >= 0.3 is 0 Å². The van der Waals surface area contributed by atoms with Crippen molar-refractivity contribution in [2.45, 2.75) is 31.6 Å². The fourth-order valence-corrected chi connectivity index (χ4v) is 3.34. The van der Waals surface area contributed by atoms with E-state index in [2.05, 4.69) is 15.2 Å². The molecule has 2 saturated heterocycles. The van der Waals surface area contributed by atoms with Gasteiger partial charge in [-0.05, 0) is 24.5 Å². The Hall–Kier alpha value is -1.30. The number of hydrogen-bond acceptors (Lipinski definition) is 3. The van der Waals surface area contributed by atoms with Gasteiger partial charge in [-0.15, -0.1) is 0 Å². The number of aliphatic imine (C=N–C) groups is 1. The molecule has 0 saturated carbocycles. The Balaban J connectivity index is 1.58. The molecule has 2 atom stereocenters. The molecule has 23 heavy (non-hydrogen) atoms. The highest BCUT2D eigenvalue weighted by molar-refractivity contribution is 6.31. The summed E-state index contributed by atoms with van der Waals surface area (Å²) >= 11 is 6.22. The number of nitrogens with zero attached hydrogens (tertiary/aromatic N) is 2. The van der Waals surface area contributed by atoms with Crippen molar-refractivity contribution in [2.24, 2.45) is 4.99 Å². The minimum atomic E-state index is 0.130. The highest BCUT2D eigenvalue weighted by Crippen LogP contribution is 2.21. The van der Waals surface area contributed by atoms with Crippen LogP contribution in [0.4, 0.5) is 0 Å². The molecule has 0 aromatic heterocycles. The van der Waals surface area contributed by atoms with Gasteiger partial charge in [0, 0.05) is 38.3 Å². The molecule has 5 nitrogen and oxygen atoms in total. The standard InChI is InChI=1S/C17H24ClN3O2/c1-19-17(20-11-13-5-2-3-6-14(13)18)21-8-10-23-16(12-21)15-7-4-9-22-15/h2-3,5-6,15-16H,4,7-12H2,1H3,(H,19,20). The van der Waals surface area contributed by atoms with Gasteiger partial charge in [-0.3, -0.25) is 4.99 Å². The summed E-state index contributed by atoms with van der Waals surface area (Å²) in [6.45, 7) is 3.87. The Morgan fingerprint density at radius 2 is 2.13 bits per heavy atom. The van der Waals surface area contributed by atoms with E-state index in [0.29, 0.717) is 13.2 Å². The molecule has 126 valence electrons. The number of guanidine groups is 1. The van der Waals surface area contributed by atoms with Gasteiger partial charge in [0.05, 0.1) is 12.7 Å². The van der Waals surface area contributed by atoms with E-state index in [0.717, 1.165) is 49.1 Å². The summed E-state index contributed by atoms with van der Waals surface area (Å²) in [6, 6.07) is 7.86. The average Bonchev–Trinajstić information content (AvgIpc) is 3.12. The summed E-state index contributed by atoms with van der Waals surface area (Å²) in [6.07, 6.45) is 2.57. The monoisotopic (exact) mass is 337 g/mol. The third-order valence-electron chi connectivity index (χ3n) is 4.38. The minimum Gasteiger partial charge on any atom is -0.375 e. The van der Waals surface area contributed by atoms with Crippen molar-refractivity contribution in [3.63, 3.8) is 0 Å². The van der Waals surface area contributed by atoms with Crippen LogP contribution in [0.15, 0.2) is 29.3 Å². The number of halogens is 1. The number of ether oxygens (including phenoxy) is 2. The lowest BCUT2D eigenvalue weighted by Crippen LogP contribution is -2.53. The minimum absolute atomic E-state index is 0.130. The highest BCUT2D eigenvalue weighted by atomic mass is 35.5. The number of hydrogen-bond donors (Lipinski definition) is 1. The fourth-order valence-electron chi connectivity index (χ4n) is 3.14. The SMILES string of the molecule is CN=C(NCc1ccccc1Cl)N1CCOC(C2CCCO2)C1. The predicted molar refractivity (Wildman–Crippen MR) is 91.9 cm³/mol. The van der Waals surface area contributed by atoms with Crippen molar-refractivity contribution in [3.8, 4) is 0 Å². The second kappa shape index (κ2) is 7.99. The van der Waals surface area contributed by atoms with Crippen LogP contribution in [0.3, 0.4) is 0 Å². The molecule has 1 N–H and O–H groups in total. The van der Waals surface area contributed by atoms with Crippen LogP contribution in [0, 0.1) is 0 Å². The van der Waals surface area contributed by atoms with Crippen molar-refractivity contribution < 1.29 is 9.47 Å². The summed E-state index contributed by atoms with van der Waals surface area (Å²) in [5.41, 5.74) is 1.07. The smallest absolute Gasteiger partial charge is 0.194 e. The van der Waals surface area contributed by atoms with Gasteiger partial charge in [0.1, 0.15) is 6.10 Å². The van der Waals surface area contributed by atoms with Gasteiger partial charge in [-0.2, -0.15) is 0 Å². The Morgan fingerprint density at radius 1 is 1.30 bits per heavy atom. The largest absolute Gasteiger partial charge is 0.375 e. The van der Waals surface area contributed by atoms with Gasteiger partial charge in [0.25, 0.3) is 0 Å². The van der Waals surface area contributed by atoms with Crippen molar-refractivity contribution in [1.29, 1.82) is 0 Å². The molecule has 0 amide bonds. The summed E-state index contributed by atoms with van der Waals surface area (Å²) in [5, 5.41) is 4.18. The maximum atomic E-state index is 6.22. The average molecular weight is 338 g/mol. The number of benzene rings is 1. The first-order valence-electron chi connectivity index (χ1n) is 8.20. The van der Waals surface area contributed by atoms with Crippen molar-refractivity contribution in [1.82, 2.24) is 10.2 Å². The lowest BCUT2D eigenvalue weighted by molar-refractivity contribution is -0.0817. The van der Waals surface area contributed by atoms with Crippen LogP contribution in [-0.4, -0.2) is 56.4 Å². The van der Waals surface area contributed by atoms with Crippen LogP contribution < -0.4 is 5.32 Å². The Bertz CT molecular complexity index is 546. The van der Waals surface area contributed by atoms with E-state index in [4.69, 9.17) is 21.1 Å². The molecule has 0 spiro atoms. The van der Waals surface area contributed by atoms with Gasteiger partial charge in [0.15, 0.2) is 5.96 Å². The van der Waals surface area contributed by atoms with Crippen LogP contribution in [0.5, 0.6) is 0 Å². The van der Waals surface area contributed by atoms with Crippen LogP contribution in [0.2, 0.25) is 5.02 Å². The third kappa shape index (κ3) is 4.16. The lowest BCUT2D eigenvalue weighted by Gasteiger charge is -2.37. The molecule has 0 bridgehead atoms. The van der Waals surface area contributed by atoms with Crippen LogP contribution in [-0.2, 0) is 16.0 Å². The summed E-state index contributed by atoms with van der Waals surface area (Å²) < 4.78 is 11.7. The van der Waals surface area contributed by atoms with Crippen LogP contribution in [0.25, 0.3) is 0 Å². The van der Waals surface area contributed by atoms with E-state index < -0.39 is 0 Å². The molecule has 2 aliphatic heterocycles. The van der Waals surface area contributed by atoms with Gasteiger partial charge in [-0.1, -0.05) is 29.8 Å². The van der Waals surface area contributed by atoms with Crippen molar-refractivity contribution in [2.75, 3.05) is 33.4 Å². The number of nitrogens with one attached hydrogen (secondary N) is 1. The molecule has 1 aromatic rings. The molecule has 0 aliphatic carbocycles. The first-order chi connectivity index (χ1) is 11.3. The first-order valence-corrected chi connectivity index (χ1v) is 8.58. The third-order valence-corrected chi connectivity index (χ3v) is 4.75. The van der Waals surface area contributed by atoms with Crippen LogP contribution in [0.1, 0.15) is 18.4 Å². The van der Waals surface area contributed by atoms with E-state index in [1.165, 1.54) is 0 Å². The molecule has 0 radical (unpaired) electrons. The van der Waals surface area contributed by atoms with Gasteiger partial charge in [0.2, 0.25) is 0 Å². The summed E-state index contributed by atoms with van der Waals surface area (Å²) in [7, 11) is 1.81. The topological polar surface area (TPSA) is 46.1 Å². The lowest BCUT2D eigenvalue weighted by atomic mass is 10.1. The summed E-state index contributed by atoms with van der Waals surface area (Å²) in [5.74, 6) is 0.885. The Kier molecular flexibility index (Phi) is 5.75. The van der Waals surface area contributed by atoms with Gasteiger partial charge in [-0.25, -0.2) is 0 Å². The maximum absolute atomic E-state index is 6.22. The quantitative estimate of drug-likeness (QED) is 0.679. The van der Waals surface area contributed by atoms with E-state index in [1.54, 1.807) is 0 Å². The zero-order valence-electron chi connectivity index (χ0n) is 13.5. The molecule has 2 aliphatic rings. The molecular formula is C17H24ClN3O2. The molecule has 6 heteroatoms. The van der Waals surface area contributed by atoms with Crippen molar-refractivity contribution in [3.05, 3.63) is 34.9 Å². The summed E-state index contributed by atoms with van der Waals surface area (Å²) in [4.78, 5) is 6.65. The Morgan fingerprint density at radius 3 is 2.87 bits per heavy atom. The van der Waals surface area contributed by atoms with E-state index >= 15 is 0 Å². The second-order valence-electron chi connectivity index (χ2n) is 5.90. The molecule has 2 unspecified atom stereocenters. The molecule has 1 aromatic carbocycles. The van der Waals surface area contributed by atoms with E-state index in [1.807, 2.05) is 31.3 Å². The normalized spacial score (nSPS) is 25.7.